The number of nitrogens with one attached hydrogen (secondary N) is 1. The molecule has 106 valence electrons. The third kappa shape index (κ3) is 3.49. The van der Waals surface area contributed by atoms with E-state index in [2.05, 4.69) is 4.98 Å². The summed E-state index contributed by atoms with van der Waals surface area (Å²) < 4.78 is 11.7. The highest BCUT2D eigenvalue weighted by molar-refractivity contribution is 7.39. The molecule has 1 aromatic heterocycles. The molecule has 9 heteroatoms. The third-order valence-electron chi connectivity index (χ3n) is 2.95. The normalized spacial score (nSPS) is 27.1. The molecule has 3 N–H and O–H groups in total. The molecule has 1 aliphatic rings. The smallest absolute Gasteiger partial charge is 0.330 e. The molecule has 1 fully saturated rings. The summed E-state index contributed by atoms with van der Waals surface area (Å²) in [7, 11) is -2.41. The van der Waals surface area contributed by atoms with Gasteiger partial charge in [-0.1, -0.05) is 6.92 Å². The number of ether oxygens (including phenoxy) is 1. The lowest BCUT2D eigenvalue weighted by atomic mass is 10.1. The van der Waals surface area contributed by atoms with Gasteiger partial charge in [0.25, 0.3) is 5.56 Å². The van der Waals surface area contributed by atoms with Gasteiger partial charge in [-0.2, -0.15) is 0 Å². The Morgan fingerprint density at radius 2 is 2.32 bits per heavy atom. The summed E-state index contributed by atoms with van der Waals surface area (Å²) in [6.07, 6.45) is 1.19. The first-order valence-corrected chi connectivity index (χ1v) is 6.91. The van der Waals surface area contributed by atoms with Crippen LogP contribution in [0.3, 0.4) is 0 Å². The molecule has 0 aliphatic carbocycles. The summed E-state index contributed by atoms with van der Waals surface area (Å²) in [6, 6.07) is 1.25. The monoisotopic (exact) mass is 290 g/mol. The number of H-pyrrole nitrogens is 1. The summed E-state index contributed by atoms with van der Waals surface area (Å²) in [5.74, 6) is 0.0424. The molecule has 0 saturated carbocycles. The van der Waals surface area contributed by atoms with E-state index in [0.717, 1.165) is 0 Å². The van der Waals surface area contributed by atoms with Crippen molar-refractivity contribution in [2.24, 2.45) is 5.92 Å². The van der Waals surface area contributed by atoms with Gasteiger partial charge >= 0.3 is 14.3 Å². The summed E-state index contributed by atoms with van der Waals surface area (Å²) >= 11 is 0. The number of nitrogens with zero attached hydrogens (tertiary/aromatic N) is 1. The van der Waals surface area contributed by atoms with E-state index in [1.807, 2.05) is 6.92 Å². The Hall–Kier alpha value is -1.05. The molecule has 0 radical (unpaired) electrons. The van der Waals surface area contributed by atoms with Gasteiger partial charge in [0.15, 0.2) is 0 Å². The lowest BCUT2D eigenvalue weighted by Gasteiger charge is -2.17. The van der Waals surface area contributed by atoms with Crippen LogP contribution < -0.4 is 11.2 Å². The van der Waals surface area contributed by atoms with Gasteiger partial charge in [0, 0.05) is 18.2 Å². The third-order valence-corrected chi connectivity index (χ3v) is 3.33. The number of hydrogen-bond donors (Lipinski definition) is 3. The second-order valence-corrected chi connectivity index (χ2v) is 5.19. The van der Waals surface area contributed by atoms with Crippen LogP contribution in [-0.2, 0) is 9.26 Å². The van der Waals surface area contributed by atoms with E-state index in [0.29, 0.717) is 6.42 Å². The molecule has 3 unspecified atom stereocenters. The SMILES string of the molecule is CC1CC(COP(O)O)OC1n1ccc(=O)[nH]c1=O. The van der Waals surface area contributed by atoms with Crippen molar-refractivity contribution in [2.45, 2.75) is 25.7 Å². The minimum Gasteiger partial charge on any atom is -0.352 e. The maximum absolute atomic E-state index is 11.7. The zero-order chi connectivity index (χ0) is 14.0. The van der Waals surface area contributed by atoms with Crippen LogP contribution in [0.5, 0.6) is 0 Å². The summed E-state index contributed by atoms with van der Waals surface area (Å²) in [5.41, 5.74) is -0.990. The molecular weight excluding hydrogens is 275 g/mol. The van der Waals surface area contributed by atoms with Crippen molar-refractivity contribution in [3.63, 3.8) is 0 Å². The summed E-state index contributed by atoms with van der Waals surface area (Å²) in [6.45, 7) is 1.96. The number of rotatable bonds is 4. The Bertz CT molecular complexity index is 541. The van der Waals surface area contributed by atoms with Crippen LogP contribution in [0, 0.1) is 5.92 Å². The minimum absolute atomic E-state index is 0.0424. The molecule has 0 aromatic carbocycles. The van der Waals surface area contributed by atoms with Crippen molar-refractivity contribution in [1.82, 2.24) is 9.55 Å². The predicted molar refractivity (Wildman–Crippen MR) is 66.3 cm³/mol. The number of aromatic amines is 1. The molecule has 1 aromatic rings. The first kappa shape index (κ1) is 14.4. The van der Waals surface area contributed by atoms with E-state index >= 15 is 0 Å². The predicted octanol–water partition coefficient (Wildman–Crippen LogP) is -0.312. The molecule has 1 aliphatic heterocycles. The van der Waals surface area contributed by atoms with E-state index < -0.39 is 26.1 Å². The Morgan fingerprint density at radius 3 is 2.95 bits per heavy atom. The van der Waals surface area contributed by atoms with Crippen LogP contribution in [0.4, 0.5) is 0 Å². The topological polar surface area (TPSA) is 114 Å². The molecule has 8 nitrogen and oxygen atoms in total. The second-order valence-electron chi connectivity index (χ2n) is 4.43. The molecule has 0 spiro atoms. The molecule has 2 rings (SSSR count). The largest absolute Gasteiger partial charge is 0.352 e. The molecular formula is C10H15N2O6P. The van der Waals surface area contributed by atoms with Gasteiger partial charge in [0.05, 0.1) is 12.7 Å². The van der Waals surface area contributed by atoms with Crippen LogP contribution in [-0.4, -0.2) is 32.0 Å². The van der Waals surface area contributed by atoms with Gasteiger partial charge in [-0.25, -0.2) is 4.79 Å². The van der Waals surface area contributed by atoms with E-state index in [1.165, 1.54) is 16.8 Å². The summed E-state index contributed by atoms with van der Waals surface area (Å²) in [5, 5.41) is 0. The van der Waals surface area contributed by atoms with Gasteiger partial charge in [0.1, 0.15) is 6.23 Å². The van der Waals surface area contributed by atoms with E-state index in [9.17, 15) is 9.59 Å². The minimum atomic E-state index is -2.41. The molecule has 1 saturated heterocycles. The van der Waals surface area contributed by atoms with Crippen LogP contribution >= 0.6 is 8.60 Å². The van der Waals surface area contributed by atoms with E-state index in [4.69, 9.17) is 19.0 Å². The summed E-state index contributed by atoms with van der Waals surface area (Å²) in [4.78, 5) is 42.2. The lowest BCUT2D eigenvalue weighted by molar-refractivity contribution is -0.0309. The molecule has 0 bridgehead atoms. The fourth-order valence-corrected chi connectivity index (χ4v) is 2.44. The molecule has 2 heterocycles. The Kier molecular flexibility index (Phi) is 4.49. The molecule has 19 heavy (non-hydrogen) atoms. The fourth-order valence-electron chi connectivity index (χ4n) is 2.14. The van der Waals surface area contributed by atoms with E-state index in [1.54, 1.807) is 0 Å². The first-order valence-electron chi connectivity index (χ1n) is 5.75. The average molecular weight is 290 g/mol. The maximum Gasteiger partial charge on any atom is 0.330 e. The molecule has 0 amide bonds. The Morgan fingerprint density at radius 1 is 1.58 bits per heavy atom. The van der Waals surface area contributed by atoms with Crippen LogP contribution in [0.15, 0.2) is 21.9 Å². The fraction of sp³-hybridized carbons (Fsp3) is 0.600. The van der Waals surface area contributed by atoms with Crippen molar-refractivity contribution >= 4 is 8.60 Å². The van der Waals surface area contributed by atoms with Crippen LogP contribution in [0.2, 0.25) is 0 Å². The van der Waals surface area contributed by atoms with Crippen molar-refractivity contribution in [1.29, 1.82) is 0 Å². The van der Waals surface area contributed by atoms with Crippen molar-refractivity contribution in [3.8, 4) is 0 Å². The van der Waals surface area contributed by atoms with Crippen LogP contribution in [0.1, 0.15) is 19.6 Å². The highest BCUT2D eigenvalue weighted by Crippen LogP contribution is 2.35. The van der Waals surface area contributed by atoms with Crippen molar-refractivity contribution in [3.05, 3.63) is 33.1 Å². The molecule has 3 atom stereocenters. The van der Waals surface area contributed by atoms with Crippen molar-refractivity contribution < 1.29 is 19.0 Å². The standard InChI is InChI=1S/C10H15N2O6P/c1-6-4-7(5-17-19(15)16)18-9(6)12-3-2-8(13)11-10(12)14/h2-3,6-7,9,15-16H,4-5H2,1H3,(H,11,13,14). The number of aromatic nitrogens is 2. The maximum atomic E-state index is 11.7. The van der Waals surface area contributed by atoms with Crippen molar-refractivity contribution in [2.75, 3.05) is 6.61 Å². The van der Waals surface area contributed by atoms with Gasteiger partial charge in [-0.15, -0.1) is 0 Å². The van der Waals surface area contributed by atoms with Gasteiger partial charge in [-0.05, 0) is 6.42 Å². The quantitative estimate of drug-likeness (QED) is 0.655. The lowest BCUT2D eigenvalue weighted by Crippen LogP contribution is -2.33. The van der Waals surface area contributed by atoms with Gasteiger partial charge in [-0.3, -0.25) is 14.3 Å². The van der Waals surface area contributed by atoms with Crippen LogP contribution in [0.25, 0.3) is 0 Å². The zero-order valence-electron chi connectivity index (χ0n) is 10.2. The Labute approximate surface area is 109 Å². The highest BCUT2D eigenvalue weighted by Gasteiger charge is 2.34. The van der Waals surface area contributed by atoms with Gasteiger partial charge in [0.2, 0.25) is 0 Å². The highest BCUT2D eigenvalue weighted by atomic mass is 31.2. The average Bonchev–Trinajstić information content (AvgIpc) is 2.68. The second kappa shape index (κ2) is 5.94. The van der Waals surface area contributed by atoms with E-state index in [-0.39, 0.29) is 18.6 Å². The van der Waals surface area contributed by atoms with Gasteiger partial charge < -0.3 is 19.0 Å². The first-order chi connectivity index (χ1) is 8.97. The number of hydrogen-bond acceptors (Lipinski definition) is 6. The Balaban J connectivity index is 2.09. The zero-order valence-corrected chi connectivity index (χ0v) is 11.1.